The van der Waals surface area contributed by atoms with Gasteiger partial charge in [0.05, 0.1) is 12.6 Å². The van der Waals surface area contributed by atoms with Crippen LogP contribution in [-0.4, -0.2) is 29.7 Å². The quantitative estimate of drug-likeness (QED) is 0.799. The highest BCUT2D eigenvalue weighted by atomic mass is 16.5. The zero-order valence-electron chi connectivity index (χ0n) is 13.7. The van der Waals surface area contributed by atoms with Gasteiger partial charge >= 0.3 is 5.97 Å². The number of rotatable bonds is 6. The molecule has 5 nitrogen and oxygen atoms in total. The average Bonchev–Trinajstić information content (AvgIpc) is 2.60. The van der Waals surface area contributed by atoms with Crippen LogP contribution in [0.2, 0.25) is 0 Å². The Morgan fingerprint density at radius 2 is 1.83 bits per heavy atom. The number of aliphatic hydroxyl groups excluding tert-OH is 1. The van der Waals surface area contributed by atoms with Crippen molar-refractivity contribution in [2.75, 3.05) is 6.61 Å². The highest BCUT2D eigenvalue weighted by molar-refractivity contribution is 5.95. The van der Waals surface area contributed by atoms with Gasteiger partial charge in [0.25, 0.3) is 5.91 Å². The average molecular weight is 327 g/mol. The molecule has 0 bridgehead atoms. The van der Waals surface area contributed by atoms with Crippen molar-refractivity contribution in [3.63, 3.8) is 0 Å². The van der Waals surface area contributed by atoms with E-state index < -0.39 is 18.1 Å². The Hall–Kier alpha value is -2.66. The summed E-state index contributed by atoms with van der Waals surface area (Å²) in [5.41, 5.74) is 2.04. The van der Waals surface area contributed by atoms with E-state index in [2.05, 4.69) is 5.32 Å². The molecule has 0 aliphatic carbocycles. The SMILES string of the molecule is CCOC(=O)[C@@H](O)[C@@H](NC(=O)c1cccc(C)c1)c1ccccc1. The maximum absolute atomic E-state index is 12.5. The van der Waals surface area contributed by atoms with E-state index in [1.807, 2.05) is 19.1 Å². The van der Waals surface area contributed by atoms with Crippen LogP contribution in [0.4, 0.5) is 0 Å². The highest BCUT2D eigenvalue weighted by Gasteiger charge is 2.30. The monoisotopic (exact) mass is 327 g/mol. The van der Waals surface area contributed by atoms with E-state index in [4.69, 9.17) is 4.74 Å². The van der Waals surface area contributed by atoms with Crippen LogP contribution in [0.15, 0.2) is 54.6 Å². The molecule has 2 atom stereocenters. The van der Waals surface area contributed by atoms with Crippen molar-refractivity contribution >= 4 is 11.9 Å². The minimum atomic E-state index is -1.49. The Morgan fingerprint density at radius 3 is 2.46 bits per heavy atom. The smallest absolute Gasteiger partial charge is 0.337 e. The van der Waals surface area contributed by atoms with Gasteiger partial charge in [0, 0.05) is 5.56 Å². The minimum absolute atomic E-state index is 0.156. The molecule has 2 aromatic carbocycles. The largest absolute Gasteiger partial charge is 0.464 e. The molecule has 2 rings (SSSR count). The van der Waals surface area contributed by atoms with Crippen molar-refractivity contribution in [1.29, 1.82) is 0 Å². The Morgan fingerprint density at radius 1 is 1.12 bits per heavy atom. The maximum atomic E-state index is 12.5. The first kappa shape index (κ1) is 17.7. The zero-order valence-corrected chi connectivity index (χ0v) is 13.7. The molecule has 1 amide bonds. The Labute approximate surface area is 141 Å². The van der Waals surface area contributed by atoms with E-state index in [0.29, 0.717) is 11.1 Å². The zero-order chi connectivity index (χ0) is 17.5. The van der Waals surface area contributed by atoms with Crippen LogP contribution in [0, 0.1) is 6.92 Å². The number of carbonyl (C=O) groups excluding carboxylic acids is 2. The van der Waals surface area contributed by atoms with Crippen LogP contribution in [0.1, 0.15) is 34.5 Å². The summed E-state index contributed by atoms with van der Waals surface area (Å²) >= 11 is 0. The molecule has 0 unspecified atom stereocenters. The number of amides is 1. The lowest BCUT2D eigenvalue weighted by molar-refractivity contribution is -0.154. The van der Waals surface area contributed by atoms with Gasteiger partial charge in [0.15, 0.2) is 6.10 Å². The number of esters is 1. The van der Waals surface area contributed by atoms with Crippen molar-refractivity contribution in [2.24, 2.45) is 0 Å². The highest BCUT2D eigenvalue weighted by Crippen LogP contribution is 2.19. The number of benzene rings is 2. The lowest BCUT2D eigenvalue weighted by atomic mass is 10.0. The van der Waals surface area contributed by atoms with Gasteiger partial charge in [0.1, 0.15) is 0 Å². The molecule has 0 saturated heterocycles. The summed E-state index contributed by atoms with van der Waals surface area (Å²) in [4.78, 5) is 24.4. The Bertz CT molecular complexity index is 700. The number of hydrogen-bond donors (Lipinski definition) is 2. The van der Waals surface area contributed by atoms with E-state index >= 15 is 0 Å². The summed E-state index contributed by atoms with van der Waals surface area (Å²) in [6.07, 6.45) is -1.49. The normalized spacial score (nSPS) is 13.0. The molecule has 0 fully saturated rings. The fraction of sp³-hybridized carbons (Fsp3) is 0.263. The molecule has 0 aromatic heterocycles. The molecule has 2 aromatic rings. The van der Waals surface area contributed by atoms with Gasteiger partial charge in [-0.25, -0.2) is 4.79 Å². The number of nitrogens with one attached hydrogen (secondary N) is 1. The molecular weight excluding hydrogens is 306 g/mol. The lowest BCUT2D eigenvalue weighted by Gasteiger charge is -2.23. The van der Waals surface area contributed by atoms with Crippen LogP contribution in [0.25, 0.3) is 0 Å². The van der Waals surface area contributed by atoms with Gasteiger partial charge in [-0.2, -0.15) is 0 Å². The molecule has 24 heavy (non-hydrogen) atoms. The maximum Gasteiger partial charge on any atom is 0.337 e. The third kappa shape index (κ3) is 4.43. The molecule has 0 spiro atoms. The fourth-order valence-electron chi connectivity index (χ4n) is 2.38. The molecule has 0 radical (unpaired) electrons. The summed E-state index contributed by atoms with van der Waals surface area (Å²) in [5.74, 6) is -1.13. The topological polar surface area (TPSA) is 75.6 Å². The fourth-order valence-corrected chi connectivity index (χ4v) is 2.38. The van der Waals surface area contributed by atoms with Crippen molar-refractivity contribution in [3.8, 4) is 0 Å². The molecule has 0 saturated carbocycles. The van der Waals surface area contributed by atoms with Crippen LogP contribution in [-0.2, 0) is 9.53 Å². The second kappa shape index (κ2) is 8.26. The number of aliphatic hydroxyl groups is 1. The predicted octanol–water partition coefficient (Wildman–Crippen LogP) is 2.39. The van der Waals surface area contributed by atoms with Gasteiger partial charge in [-0.15, -0.1) is 0 Å². The van der Waals surface area contributed by atoms with Gasteiger partial charge in [0.2, 0.25) is 0 Å². The standard InChI is InChI=1S/C19H21NO4/c1-3-24-19(23)17(21)16(14-9-5-4-6-10-14)20-18(22)15-11-7-8-13(2)12-15/h4-12,16-17,21H,3H2,1-2H3,(H,20,22)/t16-,17-/m0/s1. The molecule has 126 valence electrons. The number of ether oxygens (including phenoxy) is 1. The van der Waals surface area contributed by atoms with E-state index in [1.54, 1.807) is 49.4 Å². The molecule has 0 heterocycles. The van der Waals surface area contributed by atoms with Crippen LogP contribution in [0.5, 0.6) is 0 Å². The van der Waals surface area contributed by atoms with Crippen molar-refractivity contribution in [2.45, 2.75) is 26.0 Å². The first-order valence-corrected chi connectivity index (χ1v) is 7.80. The number of carbonyl (C=O) groups is 2. The molecule has 0 aliphatic rings. The molecule has 5 heteroatoms. The summed E-state index contributed by atoms with van der Waals surface area (Å²) in [6.45, 7) is 3.70. The number of aryl methyl sites for hydroxylation is 1. The van der Waals surface area contributed by atoms with E-state index in [1.165, 1.54) is 0 Å². The van der Waals surface area contributed by atoms with Crippen molar-refractivity contribution in [3.05, 3.63) is 71.3 Å². The van der Waals surface area contributed by atoms with Gasteiger partial charge in [-0.1, -0.05) is 48.0 Å². The Balaban J connectivity index is 2.26. The second-order valence-corrected chi connectivity index (χ2v) is 5.43. The molecule has 0 aliphatic heterocycles. The predicted molar refractivity (Wildman–Crippen MR) is 90.5 cm³/mol. The number of hydrogen-bond acceptors (Lipinski definition) is 4. The summed E-state index contributed by atoms with van der Waals surface area (Å²) in [7, 11) is 0. The molecule has 2 N–H and O–H groups in total. The summed E-state index contributed by atoms with van der Waals surface area (Å²) in [6, 6.07) is 15.1. The van der Waals surface area contributed by atoms with Crippen molar-refractivity contribution < 1.29 is 19.4 Å². The first-order valence-electron chi connectivity index (χ1n) is 7.80. The van der Waals surface area contributed by atoms with E-state index in [9.17, 15) is 14.7 Å². The molecular formula is C19H21NO4. The minimum Gasteiger partial charge on any atom is -0.464 e. The van der Waals surface area contributed by atoms with Gasteiger partial charge in [-0.05, 0) is 31.5 Å². The van der Waals surface area contributed by atoms with Crippen LogP contribution in [0.3, 0.4) is 0 Å². The van der Waals surface area contributed by atoms with Crippen LogP contribution < -0.4 is 5.32 Å². The second-order valence-electron chi connectivity index (χ2n) is 5.43. The first-order chi connectivity index (χ1) is 11.5. The van der Waals surface area contributed by atoms with Gasteiger partial charge < -0.3 is 15.2 Å². The van der Waals surface area contributed by atoms with Gasteiger partial charge in [-0.3, -0.25) is 4.79 Å². The Kier molecular flexibility index (Phi) is 6.09. The van der Waals surface area contributed by atoms with E-state index in [-0.39, 0.29) is 12.5 Å². The van der Waals surface area contributed by atoms with Crippen molar-refractivity contribution in [1.82, 2.24) is 5.32 Å². The lowest BCUT2D eigenvalue weighted by Crippen LogP contribution is -2.41. The van der Waals surface area contributed by atoms with Crippen LogP contribution >= 0.6 is 0 Å². The third-order valence-corrected chi connectivity index (χ3v) is 3.57. The third-order valence-electron chi connectivity index (χ3n) is 3.57. The summed E-state index contributed by atoms with van der Waals surface area (Å²) < 4.78 is 4.87. The summed E-state index contributed by atoms with van der Waals surface area (Å²) in [5, 5.41) is 13.0. The van der Waals surface area contributed by atoms with E-state index in [0.717, 1.165) is 5.56 Å².